The first-order chi connectivity index (χ1) is 11.6. The number of fused-ring (bicyclic) bond motifs is 2. The van der Waals surface area contributed by atoms with E-state index in [4.69, 9.17) is 0 Å². The molecule has 24 heavy (non-hydrogen) atoms. The Morgan fingerprint density at radius 2 is 1.17 bits per heavy atom. The van der Waals surface area contributed by atoms with Gasteiger partial charge in [0.25, 0.3) is 0 Å². The zero-order valence-corrected chi connectivity index (χ0v) is 14.0. The predicted octanol–water partition coefficient (Wildman–Crippen LogP) is 5.86. The van der Waals surface area contributed by atoms with Gasteiger partial charge in [0, 0.05) is 31.3 Å². The summed E-state index contributed by atoms with van der Waals surface area (Å²) in [6, 6.07) is 21.5. The minimum Gasteiger partial charge on any atom is -0.507 e. The van der Waals surface area contributed by atoms with E-state index in [1.165, 1.54) is 5.56 Å². The largest absolute Gasteiger partial charge is 0.507 e. The summed E-state index contributed by atoms with van der Waals surface area (Å²) in [5.74, 6) is 0.426. The first-order valence-electron chi connectivity index (χ1n) is 7.74. The number of aryl methyl sites for hydroxylation is 1. The molecule has 0 saturated heterocycles. The zero-order chi connectivity index (χ0) is 16.7. The highest BCUT2D eigenvalue weighted by atomic mass is 32.2. The fourth-order valence-corrected chi connectivity index (χ4v) is 3.78. The van der Waals surface area contributed by atoms with E-state index in [0.717, 1.165) is 9.79 Å². The molecule has 0 aliphatic heterocycles. The molecule has 0 radical (unpaired) electrons. The number of hydrogen-bond donors (Lipinski definition) is 2. The molecule has 4 rings (SSSR count). The van der Waals surface area contributed by atoms with Gasteiger partial charge in [0.05, 0.1) is 0 Å². The third kappa shape index (κ3) is 2.47. The van der Waals surface area contributed by atoms with E-state index >= 15 is 0 Å². The van der Waals surface area contributed by atoms with Gasteiger partial charge in [-0.1, -0.05) is 53.7 Å². The van der Waals surface area contributed by atoms with E-state index < -0.39 is 0 Å². The Balaban J connectivity index is 1.87. The van der Waals surface area contributed by atoms with Crippen LogP contribution >= 0.6 is 11.8 Å². The summed E-state index contributed by atoms with van der Waals surface area (Å²) in [5, 5.41) is 23.8. The molecule has 0 fully saturated rings. The van der Waals surface area contributed by atoms with Crippen molar-refractivity contribution in [3.05, 3.63) is 72.3 Å². The number of phenolic OH excluding ortho intramolecular Hbond substituents is 2. The average Bonchev–Trinajstić information content (AvgIpc) is 2.62. The normalized spacial score (nSPS) is 11.2. The maximum Gasteiger partial charge on any atom is 0.131 e. The van der Waals surface area contributed by atoms with Crippen molar-refractivity contribution in [2.45, 2.75) is 16.7 Å². The second kappa shape index (κ2) is 5.77. The van der Waals surface area contributed by atoms with Crippen LogP contribution in [0.15, 0.2) is 76.5 Å². The SMILES string of the molecule is Cc1ccc(Sc2ccc3c(O)c4ccccc4c(O)c3c2)cc1. The van der Waals surface area contributed by atoms with Crippen molar-refractivity contribution in [2.24, 2.45) is 0 Å². The minimum absolute atomic E-state index is 0.213. The number of rotatable bonds is 2. The van der Waals surface area contributed by atoms with E-state index in [-0.39, 0.29) is 11.5 Å². The predicted molar refractivity (Wildman–Crippen MR) is 100 cm³/mol. The molecular weight excluding hydrogens is 316 g/mol. The van der Waals surface area contributed by atoms with Gasteiger partial charge in [0.1, 0.15) is 11.5 Å². The fraction of sp³-hybridized carbons (Fsp3) is 0.0476. The van der Waals surface area contributed by atoms with Crippen LogP contribution in [0.4, 0.5) is 0 Å². The lowest BCUT2D eigenvalue weighted by Gasteiger charge is -2.11. The molecule has 0 aromatic heterocycles. The summed E-state index contributed by atoms with van der Waals surface area (Å²) in [7, 11) is 0. The molecule has 2 N–H and O–H groups in total. The second-order valence-corrected chi connectivity index (χ2v) is 7.01. The van der Waals surface area contributed by atoms with Gasteiger partial charge in [-0.3, -0.25) is 0 Å². The lowest BCUT2D eigenvalue weighted by molar-refractivity contribution is 0.478. The van der Waals surface area contributed by atoms with Crippen LogP contribution in [0.2, 0.25) is 0 Å². The van der Waals surface area contributed by atoms with Gasteiger partial charge in [-0.05, 0) is 37.3 Å². The topological polar surface area (TPSA) is 40.5 Å². The van der Waals surface area contributed by atoms with Gasteiger partial charge in [-0.25, -0.2) is 0 Å². The number of aromatic hydroxyl groups is 2. The third-order valence-corrected chi connectivity index (χ3v) is 5.19. The summed E-state index contributed by atoms with van der Waals surface area (Å²) >= 11 is 1.64. The number of phenols is 2. The van der Waals surface area contributed by atoms with Crippen LogP contribution in [0.5, 0.6) is 11.5 Å². The Bertz CT molecular complexity index is 1050. The smallest absolute Gasteiger partial charge is 0.131 e. The summed E-state index contributed by atoms with van der Waals surface area (Å²) in [6.45, 7) is 2.07. The van der Waals surface area contributed by atoms with Crippen LogP contribution in [0.3, 0.4) is 0 Å². The molecule has 0 amide bonds. The fourth-order valence-electron chi connectivity index (χ4n) is 2.92. The third-order valence-electron chi connectivity index (χ3n) is 4.20. The standard InChI is InChI=1S/C21H16O2S/c1-13-6-8-14(9-7-13)24-15-10-11-18-19(12-15)21(23)17-5-3-2-4-16(17)20(18)22/h2-12,22-23H,1H3. The van der Waals surface area contributed by atoms with Crippen molar-refractivity contribution in [3.63, 3.8) is 0 Å². The summed E-state index contributed by atoms with van der Waals surface area (Å²) < 4.78 is 0. The maximum absolute atomic E-state index is 10.6. The van der Waals surface area contributed by atoms with E-state index in [9.17, 15) is 10.2 Å². The van der Waals surface area contributed by atoms with Crippen molar-refractivity contribution in [2.75, 3.05) is 0 Å². The average molecular weight is 332 g/mol. The van der Waals surface area contributed by atoms with Crippen molar-refractivity contribution in [1.82, 2.24) is 0 Å². The Morgan fingerprint density at radius 1 is 0.625 bits per heavy atom. The van der Waals surface area contributed by atoms with Crippen LogP contribution in [0.25, 0.3) is 21.5 Å². The van der Waals surface area contributed by atoms with Crippen molar-refractivity contribution >= 4 is 33.3 Å². The molecular formula is C21H16O2S. The molecule has 4 aromatic carbocycles. The van der Waals surface area contributed by atoms with E-state index in [0.29, 0.717) is 21.5 Å². The molecule has 0 unspecified atom stereocenters. The molecule has 0 atom stereocenters. The monoisotopic (exact) mass is 332 g/mol. The van der Waals surface area contributed by atoms with Crippen molar-refractivity contribution < 1.29 is 10.2 Å². The Kier molecular flexibility index (Phi) is 3.58. The Hall–Kier alpha value is -2.65. The van der Waals surface area contributed by atoms with E-state index in [1.54, 1.807) is 11.8 Å². The van der Waals surface area contributed by atoms with Crippen LogP contribution in [0.1, 0.15) is 5.56 Å². The molecule has 0 bridgehead atoms. The highest BCUT2D eigenvalue weighted by molar-refractivity contribution is 7.99. The summed E-state index contributed by atoms with van der Waals surface area (Å²) in [4.78, 5) is 2.17. The van der Waals surface area contributed by atoms with Crippen LogP contribution < -0.4 is 0 Å². The molecule has 3 heteroatoms. The lowest BCUT2D eigenvalue weighted by atomic mass is 10.0. The van der Waals surface area contributed by atoms with Gasteiger partial charge in [-0.15, -0.1) is 0 Å². The first kappa shape index (κ1) is 14.9. The molecule has 0 aliphatic rings. The van der Waals surface area contributed by atoms with Gasteiger partial charge in [0.2, 0.25) is 0 Å². The summed E-state index contributed by atoms with van der Waals surface area (Å²) in [6.07, 6.45) is 0. The van der Waals surface area contributed by atoms with Crippen LogP contribution in [-0.4, -0.2) is 10.2 Å². The van der Waals surface area contributed by atoms with Crippen LogP contribution in [-0.2, 0) is 0 Å². The summed E-state index contributed by atoms with van der Waals surface area (Å²) in [5.41, 5.74) is 1.23. The van der Waals surface area contributed by atoms with Crippen molar-refractivity contribution in [3.8, 4) is 11.5 Å². The van der Waals surface area contributed by atoms with Gasteiger partial charge in [0.15, 0.2) is 0 Å². The Morgan fingerprint density at radius 3 is 1.83 bits per heavy atom. The van der Waals surface area contributed by atoms with Gasteiger partial charge >= 0.3 is 0 Å². The maximum atomic E-state index is 10.6. The van der Waals surface area contributed by atoms with Crippen LogP contribution in [0, 0.1) is 6.92 Å². The molecule has 4 aromatic rings. The van der Waals surface area contributed by atoms with E-state index in [2.05, 4.69) is 31.2 Å². The zero-order valence-electron chi connectivity index (χ0n) is 13.2. The van der Waals surface area contributed by atoms with Crippen molar-refractivity contribution in [1.29, 1.82) is 0 Å². The first-order valence-corrected chi connectivity index (χ1v) is 8.56. The Labute approximate surface area is 144 Å². The lowest BCUT2D eigenvalue weighted by Crippen LogP contribution is -1.82. The number of hydrogen-bond acceptors (Lipinski definition) is 3. The molecule has 0 saturated carbocycles. The van der Waals surface area contributed by atoms with E-state index in [1.807, 2.05) is 42.5 Å². The minimum atomic E-state index is 0.213. The second-order valence-electron chi connectivity index (χ2n) is 5.87. The molecule has 0 heterocycles. The van der Waals surface area contributed by atoms with Gasteiger partial charge in [-0.2, -0.15) is 0 Å². The molecule has 118 valence electrons. The molecule has 2 nitrogen and oxygen atoms in total. The number of benzene rings is 4. The highest BCUT2D eigenvalue weighted by Gasteiger charge is 2.13. The highest BCUT2D eigenvalue weighted by Crippen LogP contribution is 2.43. The quantitative estimate of drug-likeness (QED) is 0.356. The van der Waals surface area contributed by atoms with Gasteiger partial charge < -0.3 is 10.2 Å². The molecule has 0 spiro atoms. The molecule has 0 aliphatic carbocycles.